The van der Waals surface area contributed by atoms with E-state index in [9.17, 15) is 25.0 Å². The minimum atomic E-state index is -1.63. The van der Waals surface area contributed by atoms with E-state index in [0.717, 1.165) is 7.05 Å². The molecule has 1 fully saturated rings. The van der Waals surface area contributed by atoms with Crippen LogP contribution in [0.3, 0.4) is 0 Å². The van der Waals surface area contributed by atoms with Gasteiger partial charge >= 0.3 is 6.03 Å². The van der Waals surface area contributed by atoms with Crippen LogP contribution in [0.5, 0.6) is 0 Å². The number of amides is 2. The molecular formula is C8H15N3O7. The Bertz CT molecular complexity index is 315. The number of rotatable bonds is 3. The lowest BCUT2D eigenvalue weighted by atomic mass is 9.97. The van der Waals surface area contributed by atoms with Gasteiger partial charge in [0.1, 0.15) is 24.4 Å². The third-order valence-electron chi connectivity index (χ3n) is 2.61. The topological polar surface area (TPSA) is 152 Å². The second kappa shape index (κ2) is 6.02. The molecule has 18 heavy (non-hydrogen) atoms. The molecule has 10 nitrogen and oxygen atoms in total. The molecule has 0 aromatic rings. The highest BCUT2D eigenvalue weighted by Gasteiger charge is 2.44. The number of nitroso groups, excluding NO2 is 1. The highest BCUT2D eigenvalue weighted by Crippen LogP contribution is 2.19. The van der Waals surface area contributed by atoms with E-state index in [1.54, 1.807) is 0 Å². The number of urea groups is 1. The Labute approximate surface area is 102 Å². The SMILES string of the molecule is CN(N=O)C(=O)N[C@H]1[C@@H](O)[C@H](O)[C@@H](CO)O[C@H]1O. The standard InChI is InChI=1S/C8H15N3O7/c1-11(10-17)8(16)9-4-6(14)5(13)3(2-12)18-7(4)15/h3-7,12-15H,2H2,1H3,(H,9,16)/t3-,4+,5-,6-,7-/m1/s1. The lowest BCUT2D eigenvalue weighted by Crippen LogP contribution is -2.64. The summed E-state index contributed by atoms with van der Waals surface area (Å²) in [6.07, 6.45) is -5.84. The van der Waals surface area contributed by atoms with Gasteiger partial charge in [-0.3, -0.25) is 0 Å². The average Bonchev–Trinajstić information content (AvgIpc) is 2.37. The number of ether oxygens (including phenoxy) is 1. The van der Waals surface area contributed by atoms with E-state index in [2.05, 4.69) is 10.6 Å². The maximum Gasteiger partial charge on any atom is 0.340 e. The number of aliphatic hydroxyl groups is 4. The van der Waals surface area contributed by atoms with Crippen LogP contribution in [0, 0.1) is 4.91 Å². The van der Waals surface area contributed by atoms with E-state index < -0.39 is 43.3 Å². The van der Waals surface area contributed by atoms with Crippen molar-refractivity contribution in [3.8, 4) is 0 Å². The number of carbonyl (C=O) groups is 1. The van der Waals surface area contributed by atoms with Crippen molar-refractivity contribution in [3.63, 3.8) is 0 Å². The van der Waals surface area contributed by atoms with Gasteiger partial charge in [0.2, 0.25) is 0 Å². The second-order valence-electron chi connectivity index (χ2n) is 3.81. The monoisotopic (exact) mass is 265 g/mol. The minimum absolute atomic E-state index is 0.407. The summed E-state index contributed by atoms with van der Waals surface area (Å²) < 4.78 is 4.80. The molecule has 104 valence electrons. The number of nitrogens with one attached hydrogen (secondary N) is 1. The van der Waals surface area contributed by atoms with Gasteiger partial charge in [-0.25, -0.2) is 4.79 Å². The number of nitrogens with zero attached hydrogens (tertiary/aromatic N) is 2. The number of carbonyl (C=O) groups excluding carboxylic acids is 1. The van der Waals surface area contributed by atoms with Crippen molar-refractivity contribution < 1.29 is 30.0 Å². The molecule has 5 N–H and O–H groups in total. The van der Waals surface area contributed by atoms with Crippen molar-refractivity contribution >= 4 is 6.03 Å². The highest BCUT2D eigenvalue weighted by atomic mass is 16.6. The van der Waals surface area contributed by atoms with Crippen LogP contribution >= 0.6 is 0 Å². The van der Waals surface area contributed by atoms with Crippen molar-refractivity contribution in [2.45, 2.75) is 30.6 Å². The second-order valence-corrected chi connectivity index (χ2v) is 3.81. The number of hydrogen-bond donors (Lipinski definition) is 5. The van der Waals surface area contributed by atoms with Crippen molar-refractivity contribution in [2.24, 2.45) is 5.29 Å². The van der Waals surface area contributed by atoms with Gasteiger partial charge in [-0.05, 0) is 0 Å². The average molecular weight is 265 g/mol. The zero-order valence-corrected chi connectivity index (χ0v) is 9.50. The fourth-order valence-corrected chi connectivity index (χ4v) is 1.53. The van der Waals surface area contributed by atoms with Crippen LogP contribution in [-0.4, -0.2) is 75.8 Å². The molecule has 0 radical (unpaired) electrons. The van der Waals surface area contributed by atoms with Crippen molar-refractivity contribution in [2.75, 3.05) is 13.7 Å². The summed E-state index contributed by atoms with van der Waals surface area (Å²) in [6.45, 7) is -0.605. The van der Waals surface area contributed by atoms with Gasteiger partial charge in [-0.15, -0.1) is 4.91 Å². The van der Waals surface area contributed by atoms with E-state index in [-0.39, 0.29) is 0 Å². The van der Waals surface area contributed by atoms with Crippen LogP contribution in [0.25, 0.3) is 0 Å². The highest BCUT2D eigenvalue weighted by molar-refractivity contribution is 5.73. The molecule has 1 heterocycles. The molecule has 10 heteroatoms. The van der Waals surface area contributed by atoms with Gasteiger partial charge in [-0.2, -0.15) is 5.01 Å². The Balaban J connectivity index is 2.71. The zero-order valence-electron chi connectivity index (χ0n) is 9.50. The minimum Gasteiger partial charge on any atom is -0.394 e. The fraction of sp³-hybridized carbons (Fsp3) is 0.875. The lowest BCUT2D eigenvalue weighted by Gasteiger charge is -2.40. The van der Waals surface area contributed by atoms with Crippen molar-refractivity contribution in [1.82, 2.24) is 10.3 Å². The molecule has 0 aliphatic carbocycles. The first-order chi connectivity index (χ1) is 8.42. The van der Waals surface area contributed by atoms with Crippen LogP contribution in [-0.2, 0) is 4.74 Å². The smallest absolute Gasteiger partial charge is 0.340 e. The summed E-state index contributed by atoms with van der Waals surface area (Å²) in [5, 5.41) is 42.4. The Hall–Kier alpha value is -1.33. The first kappa shape index (κ1) is 14.7. The largest absolute Gasteiger partial charge is 0.394 e. The number of aliphatic hydroxyl groups excluding tert-OH is 4. The van der Waals surface area contributed by atoms with Gasteiger partial charge < -0.3 is 30.5 Å². The van der Waals surface area contributed by atoms with Gasteiger partial charge in [-0.1, -0.05) is 0 Å². The Kier molecular flexibility index (Phi) is 4.93. The van der Waals surface area contributed by atoms with E-state index in [1.165, 1.54) is 0 Å². The molecule has 2 amide bonds. The van der Waals surface area contributed by atoms with Crippen molar-refractivity contribution in [1.29, 1.82) is 0 Å². The molecule has 0 aromatic carbocycles. The predicted octanol–water partition coefficient (Wildman–Crippen LogP) is -2.89. The summed E-state index contributed by atoms with van der Waals surface area (Å²) in [4.78, 5) is 21.4. The Morgan fingerprint density at radius 2 is 2.00 bits per heavy atom. The molecule has 1 aliphatic heterocycles. The molecule has 0 bridgehead atoms. The summed E-state index contributed by atoms with van der Waals surface area (Å²) in [7, 11) is 1.07. The molecule has 1 aliphatic rings. The Morgan fingerprint density at radius 1 is 1.39 bits per heavy atom. The molecule has 1 saturated heterocycles. The Morgan fingerprint density at radius 3 is 2.50 bits per heavy atom. The normalized spacial score (nSPS) is 35.9. The van der Waals surface area contributed by atoms with E-state index in [1.807, 2.05) is 0 Å². The van der Waals surface area contributed by atoms with E-state index in [4.69, 9.17) is 9.84 Å². The lowest BCUT2D eigenvalue weighted by molar-refractivity contribution is -0.252. The molecule has 1 rings (SSSR count). The maximum absolute atomic E-state index is 11.3. The van der Waals surface area contributed by atoms with Gasteiger partial charge in [0.25, 0.3) is 0 Å². The van der Waals surface area contributed by atoms with Crippen molar-refractivity contribution in [3.05, 3.63) is 4.91 Å². The molecule has 0 saturated carbocycles. The summed E-state index contributed by atoms with van der Waals surface area (Å²) >= 11 is 0. The molecular weight excluding hydrogens is 250 g/mol. The maximum atomic E-state index is 11.3. The third-order valence-corrected chi connectivity index (χ3v) is 2.61. The van der Waals surface area contributed by atoms with Gasteiger partial charge in [0, 0.05) is 7.05 Å². The van der Waals surface area contributed by atoms with E-state index in [0.29, 0.717) is 5.01 Å². The molecule has 0 spiro atoms. The van der Waals surface area contributed by atoms with Crippen LogP contribution in [0.4, 0.5) is 4.79 Å². The summed E-state index contributed by atoms with van der Waals surface area (Å²) in [6, 6.07) is -2.33. The molecule has 0 aromatic heterocycles. The fourth-order valence-electron chi connectivity index (χ4n) is 1.53. The van der Waals surface area contributed by atoms with Gasteiger partial charge in [0.15, 0.2) is 6.29 Å². The quantitative estimate of drug-likeness (QED) is 0.271. The molecule has 0 unspecified atom stereocenters. The van der Waals surface area contributed by atoms with Crippen LogP contribution < -0.4 is 5.32 Å². The summed E-state index contributed by atoms with van der Waals surface area (Å²) in [5.41, 5.74) is 0. The van der Waals surface area contributed by atoms with E-state index >= 15 is 0 Å². The summed E-state index contributed by atoms with van der Waals surface area (Å²) in [5.74, 6) is 0. The first-order valence-corrected chi connectivity index (χ1v) is 5.10. The number of hydrogen-bond acceptors (Lipinski definition) is 8. The van der Waals surface area contributed by atoms with Crippen LogP contribution in [0.2, 0.25) is 0 Å². The molecule has 5 atom stereocenters. The van der Waals surface area contributed by atoms with Gasteiger partial charge in [0.05, 0.1) is 11.9 Å². The van der Waals surface area contributed by atoms with Crippen LogP contribution in [0.1, 0.15) is 0 Å². The zero-order chi connectivity index (χ0) is 13.9. The third kappa shape index (κ3) is 2.91. The first-order valence-electron chi connectivity index (χ1n) is 5.10. The predicted molar refractivity (Wildman–Crippen MR) is 55.9 cm³/mol. The van der Waals surface area contributed by atoms with Crippen LogP contribution in [0.15, 0.2) is 5.29 Å².